The lowest BCUT2D eigenvalue weighted by molar-refractivity contribution is 0.103. The Kier molecular flexibility index (Phi) is 4.18. The maximum Gasteiger partial charge on any atom is 0.265 e. The van der Waals surface area contributed by atoms with Crippen molar-refractivity contribution in [1.29, 1.82) is 0 Å². The molecule has 140 valence electrons. The number of nitrogen functional groups attached to an aromatic ring is 1. The first-order valence-electron chi connectivity index (χ1n) is 9.08. The van der Waals surface area contributed by atoms with Gasteiger partial charge in [0.15, 0.2) is 0 Å². The molecule has 0 saturated heterocycles. The minimum absolute atomic E-state index is 0.0978. The minimum Gasteiger partial charge on any atom is -0.368 e. The third kappa shape index (κ3) is 3.41. The molecule has 0 aliphatic carbocycles. The number of amides is 1. The molecular formula is C23H16N4OS. The fourth-order valence-corrected chi connectivity index (χ4v) is 4.21. The van der Waals surface area contributed by atoms with Gasteiger partial charge in [-0.1, -0.05) is 30.3 Å². The zero-order valence-corrected chi connectivity index (χ0v) is 16.1. The molecule has 2 aromatic heterocycles. The van der Waals surface area contributed by atoms with E-state index < -0.39 is 0 Å². The van der Waals surface area contributed by atoms with Gasteiger partial charge in [0.05, 0.1) is 10.4 Å². The Morgan fingerprint density at radius 2 is 1.66 bits per heavy atom. The predicted molar refractivity (Wildman–Crippen MR) is 119 cm³/mol. The monoisotopic (exact) mass is 396 g/mol. The minimum atomic E-state index is -0.0978. The van der Waals surface area contributed by atoms with Crippen LogP contribution < -0.4 is 11.1 Å². The van der Waals surface area contributed by atoms with Crippen molar-refractivity contribution in [2.24, 2.45) is 0 Å². The van der Waals surface area contributed by atoms with Gasteiger partial charge in [-0.2, -0.15) is 0 Å². The lowest BCUT2D eigenvalue weighted by atomic mass is 10.0. The van der Waals surface area contributed by atoms with Gasteiger partial charge in [-0.3, -0.25) is 4.79 Å². The summed E-state index contributed by atoms with van der Waals surface area (Å²) in [6.07, 6.45) is 1.73. The van der Waals surface area contributed by atoms with Crippen LogP contribution in [0.4, 0.5) is 11.6 Å². The van der Waals surface area contributed by atoms with Gasteiger partial charge < -0.3 is 11.1 Å². The van der Waals surface area contributed by atoms with Gasteiger partial charge >= 0.3 is 0 Å². The van der Waals surface area contributed by atoms with E-state index >= 15 is 0 Å². The van der Waals surface area contributed by atoms with Crippen LogP contribution in [-0.2, 0) is 0 Å². The second-order valence-electron chi connectivity index (χ2n) is 6.69. The average Bonchev–Trinajstić information content (AvgIpc) is 3.18. The topological polar surface area (TPSA) is 80.9 Å². The summed E-state index contributed by atoms with van der Waals surface area (Å²) < 4.78 is 1.07. The smallest absolute Gasteiger partial charge is 0.265 e. The van der Waals surface area contributed by atoms with Crippen molar-refractivity contribution in [1.82, 2.24) is 9.97 Å². The second-order valence-corrected chi connectivity index (χ2v) is 7.77. The number of carbonyl (C=O) groups excluding carboxylic acids is 1. The predicted octanol–water partition coefficient (Wildman–Crippen LogP) is 5.35. The molecule has 0 saturated carbocycles. The number of anilines is 2. The van der Waals surface area contributed by atoms with Crippen molar-refractivity contribution >= 4 is 49.9 Å². The number of nitrogens with one attached hydrogen (secondary N) is 1. The van der Waals surface area contributed by atoms with Gasteiger partial charge in [-0.05, 0) is 59.0 Å². The van der Waals surface area contributed by atoms with Gasteiger partial charge in [-0.25, -0.2) is 9.97 Å². The van der Waals surface area contributed by atoms with Crippen LogP contribution in [0.15, 0.2) is 79.0 Å². The van der Waals surface area contributed by atoms with Crippen molar-refractivity contribution in [2.75, 3.05) is 11.1 Å². The maximum absolute atomic E-state index is 12.6. The third-order valence-electron chi connectivity index (χ3n) is 4.70. The zero-order valence-electron chi connectivity index (χ0n) is 15.3. The molecule has 5 aromatic rings. The number of rotatable bonds is 3. The summed E-state index contributed by atoms with van der Waals surface area (Å²) in [5, 5.41) is 4.91. The standard InChI is InChI=1S/C23H16N4OS/c24-23-25-13-17-11-14(6-8-19(17)27-23)15-7-9-20-16(10-15)12-21(29-20)22(28)26-18-4-2-1-3-5-18/h1-13H,(H,26,28)(H2,24,25,27). The molecule has 0 radical (unpaired) electrons. The van der Waals surface area contributed by atoms with Crippen LogP contribution in [0.5, 0.6) is 0 Å². The first-order chi connectivity index (χ1) is 14.2. The Morgan fingerprint density at radius 3 is 2.48 bits per heavy atom. The van der Waals surface area contributed by atoms with Gasteiger partial charge in [0.1, 0.15) is 0 Å². The van der Waals surface area contributed by atoms with Crippen molar-refractivity contribution in [2.45, 2.75) is 0 Å². The highest BCUT2D eigenvalue weighted by atomic mass is 32.1. The van der Waals surface area contributed by atoms with E-state index in [4.69, 9.17) is 5.73 Å². The molecule has 2 heterocycles. The molecule has 6 heteroatoms. The molecule has 0 spiro atoms. The number of fused-ring (bicyclic) bond motifs is 2. The van der Waals surface area contributed by atoms with Crippen LogP contribution >= 0.6 is 11.3 Å². The lowest BCUT2D eigenvalue weighted by Gasteiger charge is -2.04. The van der Waals surface area contributed by atoms with Crippen LogP contribution in [0.1, 0.15) is 9.67 Å². The van der Waals surface area contributed by atoms with E-state index in [-0.39, 0.29) is 11.9 Å². The highest BCUT2D eigenvalue weighted by Gasteiger charge is 2.11. The molecule has 0 unspecified atom stereocenters. The van der Waals surface area contributed by atoms with Crippen LogP contribution in [0, 0.1) is 0 Å². The summed E-state index contributed by atoms with van der Waals surface area (Å²) in [6.45, 7) is 0. The zero-order chi connectivity index (χ0) is 19.8. The van der Waals surface area contributed by atoms with E-state index in [0.717, 1.165) is 37.8 Å². The molecule has 3 aromatic carbocycles. The van der Waals surface area contributed by atoms with Crippen LogP contribution in [0.25, 0.3) is 32.1 Å². The van der Waals surface area contributed by atoms with Gasteiger partial charge in [0, 0.05) is 22.0 Å². The Morgan fingerprint density at radius 1 is 0.897 bits per heavy atom. The molecule has 3 N–H and O–H groups in total. The first-order valence-corrected chi connectivity index (χ1v) is 9.90. The molecule has 0 atom stereocenters. The van der Waals surface area contributed by atoms with E-state index in [0.29, 0.717) is 4.88 Å². The molecule has 5 nitrogen and oxygen atoms in total. The SMILES string of the molecule is Nc1ncc2cc(-c3ccc4sc(C(=O)Nc5ccccc5)cc4c3)ccc2n1. The molecule has 0 bridgehead atoms. The molecular weight excluding hydrogens is 380 g/mol. The number of benzene rings is 3. The summed E-state index contributed by atoms with van der Waals surface area (Å²) in [7, 11) is 0. The summed E-state index contributed by atoms with van der Waals surface area (Å²) >= 11 is 1.49. The summed E-state index contributed by atoms with van der Waals surface area (Å²) in [5.41, 5.74) is 9.40. The van der Waals surface area contributed by atoms with Gasteiger partial charge in [0.25, 0.3) is 5.91 Å². The molecule has 0 fully saturated rings. The third-order valence-corrected chi connectivity index (χ3v) is 5.82. The fraction of sp³-hybridized carbons (Fsp3) is 0. The Bertz CT molecular complexity index is 1360. The number of nitrogens with zero attached hydrogens (tertiary/aromatic N) is 2. The van der Waals surface area contributed by atoms with Crippen molar-refractivity contribution in [3.63, 3.8) is 0 Å². The molecule has 0 aliphatic heterocycles. The number of carbonyl (C=O) groups is 1. The second kappa shape index (κ2) is 7.00. The average molecular weight is 396 g/mol. The molecule has 29 heavy (non-hydrogen) atoms. The molecule has 5 rings (SSSR count). The number of hydrogen-bond donors (Lipinski definition) is 2. The molecule has 1 amide bonds. The van der Waals surface area contributed by atoms with Crippen LogP contribution in [-0.4, -0.2) is 15.9 Å². The number of para-hydroxylation sites is 1. The van der Waals surface area contributed by atoms with E-state index in [1.54, 1.807) is 6.20 Å². The fourth-order valence-electron chi connectivity index (χ4n) is 3.28. The number of hydrogen-bond acceptors (Lipinski definition) is 5. The summed E-state index contributed by atoms with van der Waals surface area (Å²) in [6, 6.07) is 23.6. The van der Waals surface area contributed by atoms with Crippen molar-refractivity contribution in [3.05, 3.63) is 83.9 Å². The van der Waals surface area contributed by atoms with Crippen molar-refractivity contribution < 1.29 is 4.79 Å². The number of thiophene rings is 1. The number of nitrogens with two attached hydrogens (primary N) is 1. The Labute approximate surface area is 170 Å². The van der Waals surface area contributed by atoms with Gasteiger partial charge in [-0.15, -0.1) is 11.3 Å². The normalized spacial score (nSPS) is 11.0. The quantitative estimate of drug-likeness (QED) is 0.431. The van der Waals surface area contributed by atoms with E-state index in [1.807, 2.05) is 54.6 Å². The Hall–Kier alpha value is -3.77. The van der Waals surface area contributed by atoms with Crippen LogP contribution in [0.2, 0.25) is 0 Å². The van der Waals surface area contributed by atoms with Crippen LogP contribution in [0.3, 0.4) is 0 Å². The Balaban J connectivity index is 1.47. The number of aromatic nitrogens is 2. The van der Waals surface area contributed by atoms with E-state index in [9.17, 15) is 4.79 Å². The highest BCUT2D eigenvalue weighted by molar-refractivity contribution is 7.20. The highest BCUT2D eigenvalue weighted by Crippen LogP contribution is 2.31. The largest absolute Gasteiger partial charge is 0.368 e. The summed E-state index contributed by atoms with van der Waals surface area (Å²) in [5.74, 6) is 0.172. The van der Waals surface area contributed by atoms with E-state index in [1.165, 1.54) is 11.3 Å². The van der Waals surface area contributed by atoms with Gasteiger partial charge in [0.2, 0.25) is 5.95 Å². The van der Waals surface area contributed by atoms with Crippen molar-refractivity contribution in [3.8, 4) is 11.1 Å². The molecule has 0 aliphatic rings. The first kappa shape index (κ1) is 17.3. The summed E-state index contributed by atoms with van der Waals surface area (Å²) in [4.78, 5) is 21.6. The maximum atomic E-state index is 12.6. The van der Waals surface area contributed by atoms with E-state index in [2.05, 4.69) is 33.5 Å². The lowest BCUT2D eigenvalue weighted by Crippen LogP contribution is -2.09.